The third-order valence-electron chi connectivity index (χ3n) is 4.98. The highest BCUT2D eigenvalue weighted by molar-refractivity contribution is 6.01. The van der Waals surface area contributed by atoms with Crippen LogP contribution in [0.15, 0.2) is 41.3 Å². The molecule has 3 rings (SSSR count). The molecule has 10 heteroatoms. The molecular formula is C23H25FN4O5. The number of nitrogens with zero attached hydrogens (tertiary/aromatic N) is 2. The van der Waals surface area contributed by atoms with E-state index in [0.29, 0.717) is 11.9 Å². The Balaban J connectivity index is 2.07. The van der Waals surface area contributed by atoms with Crippen LogP contribution < -0.4 is 16.2 Å². The average Bonchev–Trinajstić information content (AvgIpc) is 2.77. The molecule has 0 spiro atoms. The Hall–Kier alpha value is -3.79. The van der Waals surface area contributed by atoms with Crippen molar-refractivity contribution in [3.05, 3.63) is 69.4 Å². The van der Waals surface area contributed by atoms with Crippen molar-refractivity contribution >= 4 is 22.8 Å². The van der Waals surface area contributed by atoms with Crippen LogP contribution in [0.4, 0.5) is 4.39 Å². The number of fused-ring (bicyclic) bond motifs is 1. The third kappa shape index (κ3) is 5.72. The number of nitrogens with one attached hydrogen (secondary N) is 2. The fourth-order valence-electron chi connectivity index (χ4n) is 3.41. The van der Waals surface area contributed by atoms with Crippen molar-refractivity contribution in [2.75, 3.05) is 26.8 Å². The van der Waals surface area contributed by atoms with Gasteiger partial charge in [0, 0.05) is 39.9 Å². The minimum atomic E-state index is -0.748. The molecule has 1 aromatic carbocycles. The van der Waals surface area contributed by atoms with Crippen LogP contribution in [0.25, 0.3) is 11.0 Å². The van der Waals surface area contributed by atoms with Gasteiger partial charge in [0.2, 0.25) is 5.91 Å². The normalized spacial score (nSPS) is 10.9. The quantitative estimate of drug-likeness (QED) is 0.418. The van der Waals surface area contributed by atoms with Crippen molar-refractivity contribution in [3.63, 3.8) is 0 Å². The number of benzene rings is 1. The summed E-state index contributed by atoms with van der Waals surface area (Å²) in [6.07, 6.45) is 1.95. The molecule has 9 nitrogen and oxygen atoms in total. The number of methoxy groups -OCH3 is 1. The van der Waals surface area contributed by atoms with Gasteiger partial charge < -0.3 is 25.0 Å². The first kappa shape index (κ1) is 23.9. The number of ether oxygens (including phenoxy) is 1. The molecule has 0 aliphatic rings. The average molecular weight is 456 g/mol. The molecule has 33 heavy (non-hydrogen) atoms. The van der Waals surface area contributed by atoms with Crippen LogP contribution in [0.3, 0.4) is 0 Å². The van der Waals surface area contributed by atoms with Crippen LogP contribution in [0.2, 0.25) is 0 Å². The molecule has 2 amide bonds. The number of halogens is 1. The molecule has 3 aromatic rings. The van der Waals surface area contributed by atoms with Crippen molar-refractivity contribution in [1.82, 2.24) is 20.2 Å². The summed E-state index contributed by atoms with van der Waals surface area (Å²) in [6, 6.07) is 7.69. The van der Waals surface area contributed by atoms with Gasteiger partial charge in [0.05, 0.1) is 12.1 Å². The molecule has 0 fully saturated rings. The molecule has 0 aliphatic heterocycles. The number of amides is 2. The van der Waals surface area contributed by atoms with Crippen LogP contribution in [0, 0.1) is 5.82 Å². The van der Waals surface area contributed by atoms with E-state index in [9.17, 15) is 23.9 Å². The van der Waals surface area contributed by atoms with Gasteiger partial charge in [-0.3, -0.25) is 19.4 Å². The zero-order valence-corrected chi connectivity index (χ0v) is 18.4. The Bertz CT molecular complexity index is 1220. The van der Waals surface area contributed by atoms with E-state index in [1.807, 2.05) is 0 Å². The van der Waals surface area contributed by atoms with Crippen LogP contribution in [0.1, 0.15) is 28.4 Å². The fraction of sp³-hybridized carbons (Fsp3) is 0.304. The summed E-state index contributed by atoms with van der Waals surface area (Å²) in [5.74, 6) is -1.88. The maximum atomic E-state index is 13.2. The summed E-state index contributed by atoms with van der Waals surface area (Å²) in [4.78, 5) is 41.4. The summed E-state index contributed by atoms with van der Waals surface area (Å²) in [5.41, 5.74) is 0.816. The number of hydrogen-bond donors (Lipinski definition) is 3. The molecule has 0 aliphatic carbocycles. The predicted molar refractivity (Wildman–Crippen MR) is 120 cm³/mol. The SMILES string of the molecule is COCCNC(=O)c1c(O)c2ncc(Cc3ccc(F)cc3)cc2n(CCNC(C)=O)c1=O. The van der Waals surface area contributed by atoms with E-state index in [-0.39, 0.29) is 43.5 Å². The van der Waals surface area contributed by atoms with Crippen molar-refractivity contribution in [2.45, 2.75) is 19.9 Å². The lowest BCUT2D eigenvalue weighted by atomic mass is 10.1. The number of rotatable bonds is 9. The highest BCUT2D eigenvalue weighted by Crippen LogP contribution is 2.26. The first-order valence-corrected chi connectivity index (χ1v) is 10.3. The van der Waals surface area contributed by atoms with E-state index in [0.717, 1.165) is 11.1 Å². The van der Waals surface area contributed by atoms with E-state index < -0.39 is 22.8 Å². The lowest BCUT2D eigenvalue weighted by molar-refractivity contribution is -0.118. The van der Waals surface area contributed by atoms with Crippen LogP contribution in [-0.4, -0.2) is 53.3 Å². The van der Waals surface area contributed by atoms with Gasteiger partial charge in [0.25, 0.3) is 11.5 Å². The van der Waals surface area contributed by atoms with Gasteiger partial charge >= 0.3 is 0 Å². The Morgan fingerprint density at radius 3 is 2.55 bits per heavy atom. The summed E-state index contributed by atoms with van der Waals surface area (Å²) < 4.78 is 19.4. The van der Waals surface area contributed by atoms with Gasteiger partial charge in [0.1, 0.15) is 16.9 Å². The molecule has 0 atom stereocenters. The van der Waals surface area contributed by atoms with Crippen LogP contribution in [-0.2, 0) is 22.5 Å². The van der Waals surface area contributed by atoms with E-state index >= 15 is 0 Å². The second-order valence-corrected chi connectivity index (χ2v) is 7.43. The van der Waals surface area contributed by atoms with Crippen LogP contribution >= 0.6 is 0 Å². The minimum absolute atomic E-state index is 0.0647. The number of aromatic nitrogens is 2. The molecule has 0 saturated carbocycles. The third-order valence-corrected chi connectivity index (χ3v) is 4.98. The van der Waals surface area contributed by atoms with Crippen molar-refractivity contribution in [1.29, 1.82) is 0 Å². The lowest BCUT2D eigenvalue weighted by Crippen LogP contribution is -2.36. The van der Waals surface area contributed by atoms with E-state index in [1.54, 1.807) is 18.2 Å². The summed E-state index contributed by atoms with van der Waals surface area (Å²) in [5, 5.41) is 15.9. The monoisotopic (exact) mass is 456 g/mol. The standard InChI is InChI=1S/C23H25FN4O5/c1-14(29)25-7-9-28-18-12-16(11-15-3-5-17(24)6-4-15)13-27-20(18)21(30)19(23(28)32)22(31)26-8-10-33-2/h3-6,12-13,30H,7-11H2,1-2H3,(H,25,29)(H,26,31). The van der Waals surface area contributed by atoms with Gasteiger partial charge in [-0.25, -0.2) is 4.39 Å². The maximum absolute atomic E-state index is 13.2. The Labute approximate surface area is 189 Å². The topological polar surface area (TPSA) is 123 Å². The van der Waals surface area contributed by atoms with E-state index in [2.05, 4.69) is 15.6 Å². The van der Waals surface area contributed by atoms with E-state index in [1.165, 1.54) is 36.9 Å². The number of pyridine rings is 2. The number of carbonyl (C=O) groups excluding carboxylic acids is 2. The van der Waals surface area contributed by atoms with E-state index in [4.69, 9.17) is 4.74 Å². The van der Waals surface area contributed by atoms with Crippen molar-refractivity contribution in [2.24, 2.45) is 0 Å². The molecular weight excluding hydrogens is 431 g/mol. The summed E-state index contributed by atoms with van der Waals surface area (Å²) in [7, 11) is 1.47. The zero-order valence-electron chi connectivity index (χ0n) is 18.4. The van der Waals surface area contributed by atoms with Crippen molar-refractivity contribution < 1.29 is 23.8 Å². The maximum Gasteiger partial charge on any atom is 0.267 e. The highest BCUT2D eigenvalue weighted by atomic mass is 19.1. The number of aromatic hydroxyl groups is 1. The lowest BCUT2D eigenvalue weighted by Gasteiger charge is -2.15. The van der Waals surface area contributed by atoms with Crippen LogP contribution in [0.5, 0.6) is 5.75 Å². The molecule has 2 heterocycles. The van der Waals surface area contributed by atoms with Gasteiger partial charge in [-0.05, 0) is 35.7 Å². The summed E-state index contributed by atoms with van der Waals surface area (Å²) in [6.45, 7) is 1.95. The molecule has 2 aromatic heterocycles. The van der Waals surface area contributed by atoms with Crippen molar-refractivity contribution in [3.8, 4) is 5.75 Å². The smallest absolute Gasteiger partial charge is 0.267 e. The molecule has 3 N–H and O–H groups in total. The fourth-order valence-corrected chi connectivity index (χ4v) is 3.41. The largest absolute Gasteiger partial charge is 0.505 e. The molecule has 0 radical (unpaired) electrons. The summed E-state index contributed by atoms with van der Waals surface area (Å²) >= 11 is 0. The molecule has 0 saturated heterocycles. The molecule has 0 bridgehead atoms. The van der Waals surface area contributed by atoms with Gasteiger partial charge in [-0.1, -0.05) is 12.1 Å². The predicted octanol–water partition coefficient (Wildman–Crippen LogP) is 1.34. The first-order chi connectivity index (χ1) is 15.8. The first-order valence-electron chi connectivity index (χ1n) is 10.3. The Kier molecular flexibility index (Phi) is 7.73. The second kappa shape index (κ2) is 10.7. The Morgan fingerprint density at radius 1 is 1.15 bits per heavy atom. The minimum Gasteiger partial charge on any atom is -0.505 e. The second-order valence-electron chi connectivity index (χ2n) is 7.43. The Morgan fingerprint density at radius 2 is 1.88 bits per heavy atom. The van der Waals surface area contributed by atoms with Gasteiger partial charge in [0.15, 0.2) is 5.75 Å². The van der Waals surface area contributed by atoms with Gasteiger partial charge in [-0.2, -0.15) is 0 Å². The number of carbonyl (C=O) groups is 2. The molecule has 0 unspecified atom stereocenters. The number of hydrogen-bond acceptors (Lipinski definition) is 6. The zero-order chi connectivity index (χ0) is 24.0. The highest BCUT2D eigenvalue weighted by Gasteiger charge is 2.23. The molecule has 174 valence electrons. The van der Waals surface area contributed by atoms with Gasteiger partial charge in [-0.15, -0.1) is 0 Å².